The van der Waals surface area contributed by atoms with Crippen LogP contribution >= 0.6 is 11.3 Å². The van der Waals surface area contributed by atoms with Crippen LogP contribution in [-0.4, -0.2) is 4.98 Å². The van der Waals surface area contributed by atoms with E-state index in [1.165, 1.54) is 31.3 Å². The van der Waals surface area contributed by atoms with Crippen LogP contribution in [0.15, 0.2) is 121 Å². The molecule has 0 aliphatic carbocycles. The first-order chi connectivity index (χ1) is 20.6. The first-order valence-corrected chi connectivity index (χ1v) is 14.7. The van der Waals surface area contributed by atoms with Gasteiger partial charge in [0.2, 0.25) is 0 Å². The van der Waals surface area contributed by atoms with Crippen LogP contribution < -0.4 is 10.4 Å². The average molecular weight is 555 g/mol. The van der Waals surface area contributed by atoms with Crippen molar-refractivity contribution in [1.29, 1.82) is 5.26 Å². The molecule has 0 saturated carbocycles. The lowest BCUT2D eigenvalue weighted by Crippen LogP contribution is -2.24. The van der Waals surface area contributed by atoms with Crippen molar-refractivity contribution in [2.24, 2.45) is 0 Å². The number of thiophene rings is 1. The molecule has 3 heteroatoms. The fourth-order valence-corrected chi connectivity index (χ4v) is 6.68. The number of pyridine rings is 1. The summed E-state index contributed by atoms with van der Waals surface area (Å²) in [4.78, 5) is 4.97. The summed E-state index contributed by atoms with van der Waals surface area (Å²) in [6, 6.07) is 42.0. The summed E-state index contributed by atoms with van der Waals surface area (Å²) in [5.74, 6) is 0. The number of allylic oxidation sites excluding steroid dienone is 2. The number of aromatic nitrogens is 1. The van der Waals surface area contributed by atoms with E-state index in [1.807, 2.05) is 36.4 Å². The molecule has 0 N–H and O–H groups in total. The van der Waals surface area contributed by atoms with Crippen LogP contribution in [0.2, 0.25) is 0 Å². The van der Waals surface area contributed by atoms with Crippen LogP contribution in [0.4, 0.5) is 0 Å². The van der Waals surface area contributed by atoms with E-state index in [2.05, 4.69) is 111 Å². The Morgan fingerprint density at radius 1 is 0.810 bits per heavy atom. The minimum absolute atomic E-state index is 0.670. The van der Waals surface area contributed by atoms with E-state index in [-0.39, 0.29) is 0 Å². The predicted octanol–water partition coefficient (Wildman–Crippen LogP) is 9.10. The standard InChI is InChI=1S/C39H26N2S/c1-25(14-15-28-16-17-30-18-20-35(41-39(30)26(28)2)29-9-4-3-5-10-29)31-19-21-36-34(23-31)38-33(12-7-13-37(38)42-36)32-11-6-8-27(22-32)24-40/h3-23H,2H2,1H3/b25-14+,28-15-. The Balaban J connectivity index is 1.31. The number of nitriles is 1. The molecule has 2 heterocycles. The molecular formula is C39H26N2S. The molecule has 0 fully saturated rings. The van der Waals surface area contributed by atoms with Crippen LogP contribution in [0.1, 0.15) is 18.1 Å². The third-order valence-electron chi connectivity index (χ3n) is 7.84. The molecule has 42 heavy (non-hydrogen) atoms. The van der Waals surface area contributed by atoms with Crippen molar-refractivity contribution in [2.45, 2.75) is 6.92 Å². The Labute approximate surface area is 248 Å². The van der Waals surface area contributed by atoms with Gasteiger partial charge >= 0.3 is 0 Å². The second-order valence-corrected chi connectivity index (χ2v) is 11.6. The van der Waals surface area contributed by atoms with E-state index in [0.717, 1.165) is 43.7 Å². The van der Waals surface area contributed by atoms with Crippen molar-refractivity contribution in [3.8, 4) is 28.5 Å². The Hall–Kier alpha value is -5.30. The molecule has 0 atom stereocenters. The van der Waals surface area contributed by atoms with Gasteiger partial charge in [-0.05, 0) is 70.8 Å². The molecule has 0 aliphatic heterocycles. The number of hydrogen-bond donors (Lipinski definition) is 0. The second-order valence-electron chi connectivity index (χ2n) is 10.5. The van der Waals surface area contributed by atoms with Crippen LogP contribution in [-0.2, 0) is 0 Å². The van der Waals surface area contributed by atoms with Crippen molar-refractivity contribution < 1.29 is 0 Å². The Kier molecular flexibility index (Phi) is 6.47. The number of benzene rings is 5. The lowest BCUT2D eigenvalue weighted by molar-refractivity contribution is 1.37. The monoisotopic (exact) mass is 554 g/mol. The maximum absolute atomic E-state index is 9.45. The zero-order valence-electron chi connectivity index (χ0n) is 23.1. The van der Waals surface area contributed by atoms with Gasteiger partial charge < -0.3 is 0 Å². The molecule has 0 bridgehead atoms. The van der Waals surface area contributed by atoms with Gasteiger partial charge in [0.1, 0.15) is 0 Å². The predicted molar refractivity (Wildman–Crippen MR) is 180 cm³/mol. The Morgan fingerprint density at radius 3 is 2.48 bits per heavy atom. The minimum atomic E-state index is 0.670. The molecule has 7 rings (SSSR count). The summed E-state index contributed by atoms with van der Waals surface area (Å²) in [6.07, 6.45) is 4.31. The maximum Gasteiger partial charge on any atom is 0.0991 e. The van der Waals surface area contributed by atoms with Gasteiger partial charge in [0.25, 0.3) is 0 Å². The SMILES string of the molecule is C=c1/c(=C\C=C(/C)c2ccc3sc4cccc(-c5cccc(C#N)c5)c4c3c2)ccc2ccc(-c3ccccc3)nc12. The highest BCUT2D eigenvalue weighted by molar-refractivity contribution is 7.25. The van der Waals surface area contributed by atoms with Gasteiger partial charge in [-0.15, -0.1) is 11.3 Å². The van der Waals surface area contributed by atoms with Crippen molar-refractivity contribution in [3.63, 3.8) is 0 Å². The Morgan fingerprint density at radius 2 is 1.62 bits per heavy atom. The minimum Gasteiger partial charge on any atom is -0.247 e. The zero-order chi connectivity index (χ0) is 28.6. The van der Waals surface area contributed by atoms with E-state index in [9.17, 15) is 5.26 Å². The molecule has 5 aromatic carbocycles. The second kappa shape index (κ2) is 10.6. The number of nitrogens with zero attached hydrogens (tertiary/aromatic N) is 2. The largest absolute Gasteiger partial charge is 0.247 e. The zero-order valence-corrected chi connectivity index (χ0v) is 24.0. The summed E-state index contributed by atoms with van der Waals surface area (Å²) in [6.45, 7) is 6.56. The van der Waals surface area contributed by atoms with Crippen molar-refractivity contribution in [1.82, 2.24) is 4.98 Å². The summed E-state index contributed by atoms with van der Waals surface area (Å²) < 4.78 is 2.50. The summed E-state index contributed by atoms with van der Waals surface area (Å²) in [7, 11) is 0. The Bertz CT molecular complexity index is 2340. The van der Waals surface area contributed by atoms with Crippen LogP contribution in [0.5, 0.6) is 0 Å². The summed E-state index contributed by atoms with van der Waals surface area (Å²) >= 11 is 1.81. The van der Waals surface area contributed by atoms with Gasteiger partial charge in [-0.1, -0.05) is 97.6 Å². The van der Waals surface area contributed by atoms with E-state index in [1.54, 1.807) is 11.3 Å². The van der Waals surface area contributed by atoms with Crippen molar-refractivity contribution >= 4 is 60.6 Å². The molecule has 0 spiro atoms. The van der Waals surface area contributed by atoms with Crippen molar-refractivity contribution in [2.75, 3.05) is 0 Å². The smallest absolute Gasteiger partial charge is 0.0991 e. The molecule has 2 aromatic heterocycles. The molecule has 0 saturated heterocycles. The molecular weight excluding hydrogens is 529 g/mol. The van der Waals surface area contributed by atoms with Crippen LogP contribution in [0.3, 0.4) is 0 Å². The summed E-state index contributed by atoms with van der Waals surface area (Å²) in [5, 5.41) is 15.0. The highest BCUT2D eigenvalue weighted by atomic mass is 32.1. The summed E-state index contributed by atoms with van der Waals surface area (Å²) in [5.41, 5.74) is 8.21. The van der Waals surface area contributed by atoms with E-state index in [0.29, 0.717) is 5.56 Å². The van der Waals surface area contributed by atoms with Gasteiger partial charge in [-0.2, -0.15) is 5.26 Å². The highest BCUT2D eigenvalue weighted by Crippen LogP contribution is 2.41. The lowest BCUT2D eigenvalue weighted by atomic mass is 9.96. The number of hydrogen-bond acceptors (Lipinski definition) is 3. The van der Waals surface area contributed by atoms with Gasteiger partial charge in [0.15, 0.2) is 0 Å². The molecule has 0 radical (unpaired) electrons. The third-order valence-corrected chi connectivity index (χ3v) is 8.97. The van der Waals surface area contributed by atoms with Crippen LogP contribution in [0.25, 0.3) is 71.7 Å². The number of rotatable bonds is 4. The molecule has 0 amide bonds. The first-order valence-electron chi connectivity index (χ1n) is 13.9. The molecule has 7 aromatic rings. The third kappa shape index (κ3) is 4.59. The fourth-order valence-electron chi connectivity index (χ4n) is 5.57. The maximum atomic E-state index is 9.45. The van der Waals surface area contributed by atoms with Crippen molar-refractivity contribution in [3.05, 3.63) is 143 Å². The van der Waals surface area contributed by atoms with Gasteiger partial charge in [0.05, 0.1) is 22.8 Å². The lowest BCUT2D eigenvalue weighted by Gasteiger charge is -2.07. The average Bonchev–Trinajstić information content (AvgIpc) is 3.43. The van der Waals surface area contributed by atoms with E-state index < -0.39 is 0 Å². The van der Waals surface area contributed by atoms with Gasteiger partial charge in [-0.3, -0.25) is 0 Å². The first kappa shape index (κ1) is 25.7. The highest BCUT2D eigenvalue weighted by Gasteiger charge is 2.12. The molecule has 198 valence electrons. The fraction of sp³-hybridized carbons (Fsp3) is 0.0256. The number of fused-ring (bicyclic) bond motifs is 4. The van der Waals surface area contributed by atoms with E-state index in [4.69, 9.17) is 4.98 Å². The molecule has 2 nitrogen and oxygen atoms in total. The van der Waals surface area contributed by atoms with E-state index >= 15 is 0 Å². The van der Waals surface area contributed by atoms with Gasteiger partial charge in [-0.25, -0.2) is 4.98 Å². The quantitative estimate of drug-likeness (QED) is 0.218. The van der Waals surface area contributed by atoms with Crippen LogP contribution in [0, 0.1) is 11.3 Å². The normalized spacial score (nSPS) is 12.3. The van der Waals surface area contributed by atoms with Gasteiger partial charge in [0, 0.05) is 36.3 Å². The molecule has 0 aliphatic rings. The molecule has 0 unspecified atom stereocenters. The topological polar surface area (TPSA) is 36.7 Å².